The van der Waals surface area contributed by atoms with Crippen molar-refractivity contribution in [3.05, 3.63) is 46.7 Å². The quantitative estimate of drug-likeness (QED) is 0.879. The lowest BCUT2D eigenvalue weighted by molar-refractivity contribution is -0.677. The van der Waals surface area contributed by atoms with Crippen LogP contribution in [-0.4, -0.2) is 19.3 Å². The van der Waals surface area contributed by atoms with E-state index in [0.717, 1.165) is 32.1 Å². The molecule has 7 heteroatoms. The molecule has 1 atom stereocenters. The van der Waals surface area contributed by atoms with Crippen LogP contribution in [0.4, 0.5) is 13.2 Å². The summed E-state index contributed by atoms with van der Waals surface area (Å²) in [5.74, 6) is 1.11. The first-order chi connectivity index (χ1) is 11.4. The van der Waals surface area contributed by atoms with Crippen molar-refractivity contribution in [1.82, 2.24) is 0 Å². The van der Waals surface area contributed by atoms with Crippen LogP contribution >= 0.6 is 11.6 Å². The highest BCUT2D eigenvalue weighted by Crippen LogP contribution is 2.37. The third kappa shape index (κ3) is 4.12. The molecule has 0 unspecified atom stereocenters. The summed E-state index contributed by atoms with van der Waals surface area (Å²) in [4.78, 5) is 0. The number of benzene rings is 1. The number of rotatable bonds is 5. The van der Waals surface area contributed by atoms with Gasteiger partial charge in [-0.3, -0.25) is 0 Å². The molecule has 1 aliphatic heterocycles. The van der Waals surface area contributed by atoms with E-state index in [9.17, 15) is 13.2 Å². The maximum absolute atomic E-state index is 12.9. The highest BCUT2D eigenvalue weighted by Gasteiger charge is 2.33. The monoisotopic (exact) mass is 360 g/mol. The topological polar surface area (TPSA) is 39.0 Å². The molecule has 0 aliphatic carbocycles. The van der Waals surface area contributed by atoms with Crippen LogP contribution in [0.15, 0.2) is 34.7 Å². The molecule has 3 rings (SSSR count). The van der Waals surface area contributed by atoms with Crippen LogP contribution in [0.5, 0.6) is 0 Å². The van der Waals surface area contributed by atoms with E-state index in [0.29, 0.717) is 23.6 Å². The molecule has 0 spiro atoms. The van der Waals surface area contributed by atoms with E-state index in [4.69, 9.17) is 20.8 Å². The second-order valence-electron chi connectivity index (χ2n) is 5.82. The average molecular weight is 361 g/mol. The van der Waals surface area contributed by atoms with Gasteiger partial charge in [-0.25, -0.2) is 0 Å². The van der Waals surface area contributed by atoms with E-state index in [1.807, 2.05) is 0 Å². The van der Waals surface area contributed by atoms with Crippen molar-refractivity contribution in [1.29, 1.82) is 0 Å². The lowest BCUT2D eigenvalue weighted by Gasteiger charge is -2.10. The van der Waals surface area contributed by atoms with Crippen molar-refractivity contribution in [3.63, 3.8) is 0 Å². The number of hydrogen-bond acceptors (Lipinski definition) is 2. The largest absolute Gasteiger partial charge is 0.455 e. The van der Waals surface area contributed by atoms with Gasteiger partial charge in [0.25, 0.3) is 0 Å². The van der Waals surface area contributed by atoms with Gasteiger partial charge in [-0.1, -0.05) is 11.6 Å². The normalized spacial score (nSPS) is 18.2. The second-order valence-corrected chi connectivity index (χ2v) is 6.23. The number of hydrogen-bond donors (Lipinski definition) is 1. The fourth-order valence-corrected chi connectivity index (χ4v) is 3.00. The first kappa shape index (κ1) is 17.3. The maximum atomic E-state index is 12.9. The van der Waals surface area contributed by atoms with Crippen LogP contribution in [-0.2, 0) is 17.5 Å². The molecule has 1 fully saturated rings. The van der Waals surface area contributed by atoms with Crippen molar-refractivity contribution in [2.75, 3.05) is 13.2 Å². The van der Waals surface area contributed by atoms with E-state index < -0.39 is 11.7 Å². The molecule has 0 amide bonds. The summed E-state index contributed by atoms with van der Waals surface area (Å²) >= 11 is 5.64. The van der Waals surface area contributed by atoms with Crippen LogP contribution in [0.2, 0.25) is 5.02 Å². The average Bonchev–Trinajstić information content (AvgIpc) is 3.18. The van der Waals surface area contributed by atoms with Gasteiger partial charge in [-0.2, -0.15) is 13.2 Å². The summed E-state index contributed by atoms with van der Waals surface area (Å²) < 4.78 is 50.0. The van der Waals surface area contributed by atoms with Crippen molar-refractivity contribution in [3.8, 4) is 11.3 Å². The fourth-order valence-electron chi connectivity index (χ4n) is 2.78. The molecule has 1 aliphatic rings. The molecule has 0 saturated carbocycles. The number of nitrogens with two attached hydrogens (primary N) is 1. The molecule has 1 aromatic heterocycles. The zero-order chi connectivity index (χ0) is 17.2. The molecule has 130 valence electrons. The van der Waals surface area contributed by atoms with E-state index in [1.54, 1.807) is 12.1 Å². The number of ether oxygens (including phenoxy) is 1. The molecule has 3 nitrogen and oxygen atoms in total. The molecule has 0 bridgehead atoms. The van der Waals surface area contributed by atoms with Gasteiger partial charge < -0.3 is 14.5 Å². The van der Waals surface area contributed by atoms with Gasteiger partial charge in [0.1, 0.15) is 25.0 Å². The Hall–Kier alpha value is -1.50. The SMILES string of the molecule is FC(F)(F)c1cc(-c2ccc(C[NH2+]C[C@@H]3CCCO3)o2)ccc1Cl. The zero-order valence-corrected chi connectivity index (χ0v) is 13.7. The predicted octanol–water partition coefficient (Wildman–Crippen LogP) is 3.86. The van der Waals surface area contributed by atoms with Gasteiger partial charge >= 0.3 is 6.18 Å². The molecule has 0 radical (unpaired) electrons. The third-order valence-corrected chi connectivity index (χ3v) is 4.35. The van der Waals surface area contributed by atoms with E-state index in [-0.39, 0.29) is 11.1 Å². The van der Waals surface area contributed by atoms with Crippen LogP contribution in [0.3, 0.4) is 0 Å². The Bertz CT molecular complexity index is 693. The van der Waals surface area contributed by atoms with E-state index >= 15 is 0 Å². The Morgan fingerprint density at radius 3 is 2.75 bits per heavy atom. The minimum atomic E-state index is -4.49. The van der Waals surface area contributed by atoms with Gasteiger partial charge in [0.15, 0.2) is 5.76 Å². The Balaban J connectivity index is 1.66. The second kappa shape index (κ2) is 7.17. The minimum Gasteiger partial charge on any atom is -0.455 e. The summed E-state index contributed by atoms with van der Waals surface area (Å²) in [7, 11) is 0. The van der Waals surface area contributed by atoms with Crippen molar-refractivity contribution >= 4 is 11.6 Å². The number of furan rings is 1. The summed E-state index contributed by atoms with van der Waals surface area (Å²) in [6.45, 7) is 2.30. The molecule has 1 saturated heterocycles. The highest BCUT2D eigenvalue weighted by molar-refractivity contribution is 6.31. The lowest BCUT2D eigenvalue weighted by Crippen LogP contribution is -2.84. The minimum absolute atomic E-state index is 0.282. The number of halogens is 4. The summed E-state index contributed by atoms with van der Waals surface area (Å²) in [6, 6.07) is 7.24. The van der Waals surface area contributed by atoms with Crippen LogP contribution in [0, 0.1) is 0 Å². The molecule has 2 heterocycles. The van der Waals surface area contributed by atoms with E-state index in [2.05, 4.69) is 5.32 Å². The van der Waals surface area contributed by atoms with Gasteiger partial charge in [0, 0.05) is 12.2 Å². The third-order valence-electron chi connectivity index (χ3n) is 4.02. The first-order valence-electron chi connectivity index (χ1n) is 7.82. The van der Waals surface area contributed by atoms with Crippen LogP contribution < -0.4 is 5.32 Å². The van der Waals surface area contributed by atoms with Gasteiger partial charge in [-0.15, -0.1) is 0 Å². The summed E-state index contributed by atoms with van der Waals surface area (Å²) in [5, 5.41) is 1.77. The van der Waals surface area contributed by atoms with Gasteiger partial charge in [0.05, 0.1) is 10.6 Å². The number of quaternary nitrogens is 1. The highest BCUT2D eigenvalue weighted by atomic mass is 35.5. The Morgan fingerprint density at radius 1 is 1.21 bits per heavy atom. The summed E-state index contributed by atoms with van der Waals surface area (Å²) in [5.41, 5.74) is -0.498. The Labute approximate surface area is 142 Å². The predicted molar refractivity (Wildman–Crippen MR) is 83.6 cm³/mol. The fraction of sp³-hybridized carbons (Fsp3) is 0.412. The maximum Gasteiger partial charge on any atom is 0.417 e. The van der Waals surface area contributed by atoms with Gasteiger partial charge in [-0.05, 0) is 43.2 Å². The van der Waals surface area contributed by atoms with Crippen molar-refractivity contribution < 1.29 is 27.6 Å². The molecule has 2 N–H and O–H groups in total. The number of alkyl halides is 3. The Morgan fingerprint density at radius 2 is 2.04 bits per heavy atom. The summed E-state index contributed by atoms with van der Waals surface area (Å²) in [6.07, 6.45) is -2.03. The molecular formula is C17H18ClF3NO2+. The van der Waals surface area contributed by atoms with E-state index in [1.165, 1.54) is 12.1 Å². The molecule has 24 heavy (non-hydrogen) atoms. The van der Waals surface area contributed by atoms with Crippen molar-refractivity contribution in [2.24, 2.45) is 0 Å². The Kier molecular flexibility index (Phi) is 5.18. The van der Waals surface area contributed by atoms with Crippen molar-refractivity contribution in [2.45, 2.75) is 31.7 Å². The smallest absolute Gasteiger partial charge is 0.417 e. The zero-order valence-electron chi connectivity index (χ0n) is 12.9. The first-order valence-corrected chi connectivity index (χ1v) is 8.20. The molecular weight excluding hydrogens is 343 g/mol. The lowest BCUT2D eigenvalue weighted by atomic mass is 10.1. The molecule has 1 aromatic carbocycles. The van der Waals surface area contributed by atoms with Crippen LogP contribution in [0.25, 0.3) is 11.3 Å². The van der Waals surface area contributed by atoms with Crippen LogP contribution in [0.1, 0.15) is 24.2 Å². The molecule has 2 aromatic rings. The van der Waals surface area contributed by atoms with Gasteiger partial charge in [0.2, 0.25) is 0 Å². The standard InChI is InChI=1S/C17H17ClF3NO2/c18-15-5-3-11(8-14(15)17(19,20)21)16-6-4-13(24-16)10-22-9-12-2-1-7-23-12/h3-6,8,12,22H,1-2,7,9-10H2/p+1/t12-/m0/s1.